The molecule has 98 valence electrons. The second-order valence-corrected chi connectivity index (χ2v) is 4.39. The number of nitrogens with one attached hydrogen (secondary N) is 2. The Labute approximate surface area is 105 Å². The molecule has 0 bridgehead atoms. The number of hydrogen-bond acceptors (Lipinski definition) is 4. The van der Waals surface area contributed by atoms with Crippen molar-refractivity contribution in [2.24, 2.45) is 0 Å². The van der Waals surface area contributed by atoms with Gasteiger partial charge < -0.3 is 20.1 Å². The van der Waals surface area contributed by atoms with Gasteiger partial charge in [-0.25, -0.2) is 4.98 Å². The summed E-state index contributed by atoms with van der Waals surface area (Å²) >= 11 is 0. The average Bonchev–Trinajstić information content (AvgIpc) is 2.79. The Morgan fingerprint density at radius 2 is 2.33 bits per heavy atom. The minimum atomic E-state index is -0.325. The third-order valence-electron chi connectivity index (χ3n) is 2.77. The second-order valence-electron chi connectivity index (χ2n) is 4.39. The summed E-state index contributed by atoms with van der Waals surface area (Å²) in [5.41, 5.74) is 0.339. The number of anilines is 1. The van der Waals surface area contributed by atoms with Crippen LogP contribution in [0.2, 0.25) is 0 Å². The first-order chi connectivity index (χ1) is 8.58. The number of amides is 2. The molecule has 18 heavy (non-hydrogen) atoms. The predicted molar refractivity (Wildman–Crippen MR) is 66.4 cm³/mol. The van der Waals surface area contributed by atoms with E-state index in [-0.39, 0.29) is 18.4 Å². The average molecular weight is 251 g/mol. The normalized spacial score (nSPS) is 13.4. The highest BCUT2D eigenvalue weighted by Crippen LogP contribution is 2.13. The van der Waals surface area contributed by atoms with E-state index < -0.39 is 0 Å². The van der Waals surface area contributed by atoms with E-state index >= 15 is 0 Å². The van der Waals surface area contributed by atoms with Crippen LogP contribution in [0.5, 0.6) is 0 Å². The molecule has 0 unspecified atom stereocenters. The summed E-state index contributed by atoms with van der Waals surface area (Å²) in [4.78, 5) is 28.8. The van der Waals surface area contributed by atoms with Crippen LogP contribution >= 0.6 is 0 Å². The highest BCUT2D eigenvalue weighted by atomic mass is 16.2. The molecule has 7 heteroatoms. The molecule has 0 atom stereocenters. The Bertz CT molecular complexity index is 442. The minimum absolute atomic E-state index is 0.0124. The summed E-state index contributed by atoms with van der Waals surface area (Å²) in [5.74, 6) is 0.240. The Hall–Kier alpha value is -2.05. The summed E-state index contributed by atoms with van der Waals surface area (Å²) < 4.78 is 1.91. The van der Waals surface area contributed by atoms with Crippen molar-refractivity contribution in [1.29, 1.82) is 0 Å². The summed E-state index contributed by atoms with van der Waals surface area (Å²) in [6, 6.07) is 0. The maximum absolute atomic E-state index is 11.8. The molecular formula is C11H17N5O2. The van der Waals surface area contributed by atoms with Crippen LogP contribution in [0.4, 0.5) is 5.95 Å². The SMILES string of the molecule is CN(C)C(=O)CNC(=O)c1cn2c(n1)NCCC2. The number of likely N-dealkylation sites (N-methyl/N-ethyl adjacent to an activating group) is 1. The first-order valence-electron chi connectivity index (χ1n) is 5.87. The van der Waals surface area contributed by atoms with Gasteiger partial charge >= 0.3 is 0 Å². The number of rotatable bonds is 3. The summed E-state index contributed by atoms with van der Waals surface area (Å²) in [6.45, 7) is 1.72. The molecule has 1 aromatic rings. The summed E-state index contributed by atoms with van der Waals surface area (Å²) in [5, 5.41) is 5.67. The summed E-state index contributed by atoms with van der Waals surface area (Å²) in [7, 11) is 3.29. The first-order valence-corrected chi connectivity index (χ1v) is 5.87. The van der Waals surface area contributed by atoms with Gasteiger partial charge in [-0.1, -0.05) is 0 Å². The zero-order valence-electron chi connectivity index (χ0n) is 10.6. The molecule has 2 heterocycles. The van der Waals surface area contributed by atoms with Crippen LogP contribution in [-0.2, 0) is 11.3 Å². The molecule has 0 spiro atoms. The number of aryl methyl sites for hydroxylation is 1. The number of carbonyl (C=O) groups is 2. The number of fused-ring (bicyclic) bond motifs is 1. The molecular weight excluding hydrogens is 234 g/mol. The van der Waals surface area contributed by atoms with Crippen LogP contribution in [0.15, 0.2) is 6.20 Å². The molecule has 0 aromatic carbocycles. The number of hydrogen-bond donors (Lipinski definition) is 2. The van der Waals surface area contributed by atoms with Crippen LogP contribution in [0.1, 0.15) is 16.9 Å². The zero-order chi connectivity index (χ0) is 13.1. The third kappa shape index (κ3) is 2.61. The van der Waals surface area contributed by atoms with Crippen LogP contribution < -0.4 is 10.6 Å². The van der Waals surface area contributed by atoms with Gasteiger partial charge in [-0.15, -0.1) is 0 Å². The zero-order valence-corrected chi connectivity index (χ0v) is 10.6. The fourth-order valence-corrected chi connectivity index (χ4v) is 1.69. The van der Waals surface area contributed by atoms with Gasteiger partial charge in [-0.3, -0.25) is 9.59 Å². The van der Waals surface area contributed by atoms with E-state index in [4.69, 9.17) is 0 Å². The van der Waals surface area contributed by atoms with E-state index in [9.17, 15) is 9.59 Å². The lowest BCUT2D eigenvalue weighted by molar-refractivity contribution is -0.127. The number of aromatic nitrogens is 2. The van der Waals surface area contributed by atoms with Crippen molar-refractivity contribution >= 4 is 17.8 Å². The Morgan fingerprint density at radius 1 is 1.56 bits per heavy atom. The van der Waals surface area contributed by atoms with Crippen LogP contribution in [-0.4, -0.2) is 53.5 Å². The molecule has 1 aliphatic heterocycles. The highest BCUT2D eigenvalue weighted by Gasteiger charge is 2.17. The lowest BCUT2D eigenvalue weighted by Gasteiger charge is -2.14. The largest absolute Gasteiger partial charge is 0.356 e. The lowest BCUT2D eigenvalue weighted by Crippen LogP contribution is -2.36. The van der Waals surface area contributed by atoms with Gasteiger partial charge in [0.25, 0.3) is 5.91 Å². The molecule has 0 radical (unpaired) electrons. The molecule has 0 saturated heterocycles. The van der Waals surface area contributed by atoms with Crippen molar-refractivity contribution in [2.45, 2.75) is 13.0 Å². The van der Waals surface area contributed by atoms with Gasteiger partial charge in [0.05, 0.1) is 6.54 Å². The minimum Gasteiger partial charge on any atom is -0.356 e. The predicted octanol–water partition coefficient (Wildman–Crippen LogP) is -0.483. The van der Waals surface area contributed by atoms with Crippen molar-refractivity contribution in [3.05, 3.63) is 11.9 Å². The van der Waals surface area contributed by atoms with Gasteiger partial charge in [-0.2, -0.15) is 0 Å². The van der Waals surface area contributed by atoms with Crippen LogP contribution in [0.25, 0.3) is 0 Å². The van der Waals surface area contributed by atoms with Gasteiger partial charge in [0.15, 0.2) is 0 Å². The van der Waals surface area contributed by atoms with E-state index in [0.29, 0.717) is 11.6 Å². The molecule has 1 aliphatic rings. The van der Waals surface area contributed by atoms with Crippen molar-refractivity contribution in [1.82, 2.24) is 19.8 Å². The van der Waals surface area contributed by atoms with E-state index in [1.165, 1.54) is 4.90 Å². The van der Waals surface area contributed by atoms with Crippen molar-refractivity contribution in [2.75, 3.05) is 32.5 Å². The Balaban J connectivity index is 1.97. The number of nitrogens with zero attached hydrogens (tertiary/aromatic N) is 3. The topological polar surface area (TPSA) is 79.3 Å². The van der Waals surface area contributed by atoms with Gasteiger partial charge in [0, 0.05) is 33.4 Å². The smallest absolute Gasteiger partial charge is 0.271 e. The van der Waals surface area contributed by atoms with Crippen molar-refractivity contribution < 1.29 is 9.59 Å². The van der Waals surface area contributed by atoms with E-state index in [1.54, 1.807) is 20.3 Å². The van der Waals surface area contributed by atoms with Crippen molar-refractivity contribution in [3.63, 3.8) is 0 Å². The molecule has 0 aliphatic carbocycles. The van der Waals surface area contributed by atoms with Crippen LogP contribution in [0.3, 0.4) is 0 Å². The fraction of sp³-hybridized carbons (Fsp3) is 0.545. The van der Waals surface area contributed by atoms with Crippen LogP contribution in [0, 0.1) is 0 Å². The molecule has 1 aromatic heterocycles. The molecule has 7 nitrogen and oxygen atoms in total. The van der Waals surface area contributed by atoms with E-state index in [1.807, 2.05) is 4.57 Å². The number of carbonyl (C=O) groups excluding carboxylic acids is 2. The maximum Gasteiger partial charge on any atom is 0.271 e. The van der Waals surface area contributed by atoms with Gasteiger partial charge in [0.1, 0.15) is 5.69 Å². The molecule has 0 fully saturated rings. The Morgan fingerprint density at radius 3 is 3.00 bits per heavy atom. The number of imidazole rings is 1. The Kier molecular flexibility index (Phi) is 3.50. The molecule has 2 rings (SSSR count). The quantitative estimate of drug-likeness (QED) is 0.760. The monoisotopic (exact) mass is 251 g/mol. The summed E-state index contributed by atoms with van der Waals surface area (Å²) in [6.07, 6.45) is 2.72. The van der Waals surface area contributed by atoms with E-state index in [2.05, 4.69) is 15.6 Å². The van der Waals surface area contributed by atoms with Gasteiger partial charge in [0.2, 0.25) is 11.9 Å². The molecule has 0 saturated carbocycles. The maximum atomic E-state index is 11.8. The highest BCUT2D eigenvalue weighted by molar-refractivity contribution is 5.95. The lowest BCUT2D eigenvalue weighted by atomic mass is 10.4. The molecule has 2 amide bonds. The van der Waals surface area contributed by atoms with Gasteiger partial charge in [-0.05, 0) is 6.42 Å². The second kappa shape index (κ2) is 5.07. The van der Waals surface area contributed by atoms with E-state index in [0.717, 1.165) is 19.5 Å². The molecule has 2 N–H and O–H groups in total. The first kappa shape index (κ1) is 12.4. The fourth-order valence-electron chi connectivity index (χ4n) is 1.69. The third-order valence-corrected chi connectivity index (χ3v) is 2.77. The van der Waals surface area contributed by atoms with Crippen molar-refractivity contribution in [3.8, 4) is 0 Å². The standard InChI is InChI=1S/C11H17N5O2/c1-15(2)9(17)6-13-10(18)8-7-16-5-3-4-12-11(16)14-8/h7H,3-6H2,1-2H3,(H,12,14)(H,13,18).